The van der Waals surface area contributed by atoms with E-state index in [1.54, 1.807) is 7.05 Å². The molecule has 0 bridgehead atoms. The molecular weight excluding hydrogens is 535 g/mol. The van der Waals surface area contributed by atoms with Crippen molar-refractivity contribution in [2.75, 3.05) is 26.2 Å². The molecule has 2 fully saturated rings. The number of alkyl halides is 4. The van der Waals surface area contributed by atoms with E-state index in [4.69, 9.17) is 0 Å². The number of hydrogen-bond acceptors (Lipinski definition) is 6. The van der Waals surface area contributed by atoms with Crippen LogP contribution in [0.5, 0.6) is 5.75 Å². The highest BCUT2D eigenvalue weighted by molar-refractivity contribution is 7.89. The van der Waals surface area contributed by atoms with Crippen molar-refractivity contribution in [2.45, 2.75) is 61.6 Å². The van der Waals surface area contributed by atoms with Gasteiger partial charge in [0.25, 0.3) is 10.0 Å². The second-order valence-electron chi connectivity index (χ2n) is 9.76. The number of carbonyl (C=O) groups is 1. The maximum atomic E-state index is 14.4. The zero-order chi connectivity index (χ0) is 27.7. The van der Waals surface area contributed by atoms with E-state index >= 15 is 0 Å². The van der Waals surface area contributed by atoms with Gasteiger partial charge in [0.1, 0.15) is 11.6 Å². The van der Waals surface area contributed by atoms with E-state index in [0.29, 0.717) is 0 Å². The third-order valence-corrected chi connectivity index (χ3v) is 9.18. The monoisotopic (exact) mass is 564 g/mol. The van der Waals surface area contributed by atoms with Gasteiger partial charge in [-0.2, -0.15) is 13.1 Å². The van der Waals surface area contributed by atoms with Gasteiger partial charge in [-0.3, -0.25) is 9.69 Å². The molecule has 2 aromatic rings. The number of aryl methyl sites for hydroxylation is 1. The summed E-state index contributed by atoms with van der Waals surface area (Å²) < 4.78 is 101. The molecule has 0 amide bonds. The molecule has 4 rings (SSSR count). The molecule has 1 aromatic carbocycles. The Balaban J connectivity index is 1.50. The second kappa shape index (κ2) is 10.9. The predicted molar refractivity (Wildman–Crippen MR) is 126 cm³/mol. The lowest BCUT2D eigenvalue weighted by Crippen LogP contribution is -2.59. The van der Waals surface area contributed by atoms with E-state index in [1.165, 1.54) is 21.4 Å². The van der Waals surface area contributed by atoms with Gasteiger partial charge in [0.2, 0.25) is 5.92 Å². The van der Waals surface area contributed by atoms with Gasteiger partial charge < -0.3 is 9.30 Å². The first-order chi connectivity index (χ1) is 17.8. The SMILES string of the molecule is Cn1cnc(S(=O)(=O)N2CCN(C3(CCC(=O)c4c(F)cccc4OC(F)F)CCC(F)(F)CC3)CC2)c1. The molecule has 1 aromatic heterocycles. The van der Waals surface area contributed by atoms with Crippen molar-refractivity contribution in [1.29, 1.82) is 0 Å². The number of nitrogens with zero attached hydrogens (tertiary/aromatic N) is 4. The normalized spacial score (nSPS) is 20.5. The number of ketones is 1. The van der Waals surface area contributed by atoms with Crippen LogP contribution in [-0.2, 0) is 17.1 Å². The molecule has 1 saturated carbocycles. The summed E-state index contributed by atoms with van der Waals surface area (Å²) in [6.07, 6.45) is 1.86. The minimum Gasteiger partial charge on any atom is -0.434 e. The zero-order valence-corrected chi connectivity index (χ0v) is 21.6. The molecule has 210 valence electrons. The van der Waals surface area contributed by atoms with Crippen LogP contribution in [0.3, 0.4) is 0 Å². The molecular formula is C24H29F5N4O4S. The molecule has 1 aliphatic heterocycles. The molecule has 0 atom stereocenters. The van der Waals surface area contributed by atoms with Gasteiger partial charge in [-0.25, -0.2) is 26.6 Å². The summed E-state index contributed by atoms with van der Waals surface area (Å²) in [4.78, 5) is 18.8. The minimum absolute atomic E-state index is 0.0535. The Labute approximate surface area is 217 Å². The molecule has 1 saturated heterocycles. The van der Waals surface area contributed by atoms with Crippen LogP contribution in [0.15, 0.2) is 35.7 Å². The highest BCUT2D eigenvalue weighted by atomic mass is 32.2. The molecule has 0 unspecified atom stereocenters. The molecule has 8 nitrogen and oxygen atoms in total. The topological polar surface area (TPSA) is 84.7 Å². The Morgan fingerprint density at radius 3 is 2.34 bits per heavy atom. The van der Waals surface area contributed by atoms with Gasteiger partial charge in [0.05, 0.1) is 11.9 Å². The van der Waals surface area contributed by atoms with Crippen LogP contribution in [0.2, 0.25) is 0 Å². The van der Waals surface area contributed by atoms with E-state index in [2.05, 4.69) is 9.72 Å². The Morgan fingerprint density at radius 2 is 1.76 bits per heavy atom. The van der Waals surface area contributed by atoms with Gasteiger partial charge in [0, 0.05) is 64.2 Å². The number of carbonyl (C=O) groups excluding carboxylic acids is 1. The van der Waals surface area contributed by atoms with Crippen LogP contribution >= 0.6 is 0 Å². The molecule has 14 heteroatoms. The molecule has 1 aliphatic carbocycles. The molecule has 38 heavy (non-hydrogen) atoms. The first-order valence-electron chi connectivity index (χ1n) is 12.2. The van der Waals surface area contributed by atoms with Crippen LogP contribution < -0.4 is 4.74 Å². The molecule has 0 radical (unpaired) electrons. The average molecular weight is 565 g/mol. The molecule has 0 N–H and O–H groups in total. The Bertz CT molecular complexity index is 1250. The summed E-state index contributed by atoms with van der Waals surface area (Å²) in [5.41, 5.74) is -1.46. The number of halogens is 5. The molecule has 2 heterocycles. The van der Waals surface area contributed by atoms with E-state index in [9.17, 15) is 35.2 Å². The van der Waals surface area contributed by atoms with E-state index in [-0.39, 0.29) is 56.9 Å². The number of Topliss-reactive ketones (excluding diaryl/α,β-unsaturated/α-hetero) is 1. The van der Waals surface area contributed by atoms with Crippen molar-refractivity contribution >= 4 is 15.8 Å². The summed E-state index contributed by atoms with van der Waals surface area (Å²) in [6.45, 7) is -2.57. The van der Waals surface area contributed by atoms with Crippen molar-refractivity contribution in [3.8, 4) is 5.75 Å². The van der Waals surface area contributed by atoms with Gasteiger partial charge in [-0.05, 0) is 31.4 Å². The number of hydrogen-bond donors (Lipinski definition) is 0. The number of aromatic nitrogens is 2. The smallest absolute Gasteiger partial charge is 0.387 e. The predicted octanol–water partition coefficient (Wildman–Crippen LogP) is 4.08. The maximum absolute atomic E-state index is 14.4. The van der Waals surface area contributed by atoms with Crippen molar-refractivity contribution in [3.63, 3.8) is 0 Å². The maximum Gasteiger partial charge on any atom is 0.387 e. The van der Waals surface area contributed by atoms with E-state index in [1.807, 2.05) is 4.90 Å². The van der Waals surface area contributed by atoms with Crippen LogP contribution in [-0.4, -0.2) is 77.2 Å². The van der Waals surface area contributed by atoms with Crippen LogP contribution in [0, 0.1) is 5.82 Å². The van der Waals surface area contributed by atoms with Crippen molar-refractivity contribution in [2.24, 2.45) is 7.05 Å². The van der Waals surface area contributed by atoms with Crippen molar-refractivity contribution in [1.82, 2.24) is 18.8 Å². The minimum atomic E-state index is -3.83. The fourth-order valence-corrected chi connectivity index (χ4v) is 6.69. The van der Waals surface area contributed by atoms with Crippen LogP contribution in [0.1, 0.15) is 48.9 Å². The number of sulfonamides is 1. The van der Waals surface area contributed by atoms with Gasteiger partial charge in [0.15, 0.2) is 10.8 Å². The second-order valence-corrected chi connectivity index (χ2v) is 11.6. The first-order valence-corrected chi connectivity index (χ1v) is 13.6. The largest absolute Gasteiger partial charge is 0.434 e. The highest BCUT2D eigenvalue weighted by Gasteiger charge is 2.47. The lowest BCUT2D eigenvalue weighted by Gasteiger charge is -2.50. The van der Waals surface area contributed by atoms with E-state index < -0.39 is 63.9 Å². The Kier molecular flexibility index (Phi) is 8.15. The van der Waals surface area contributed by atoms with E-state index in [0.717, 1.165) is 18.2 Å². The molecule has 2 aliphatic rings. The summed E-state index contributed by atoms with van der Waals surface area (Å²) in [6, 6.07) is 3.18. The quantitative estimate of drug-likeness (QED) is 0.337. The number of ether oxygens (including phenoxy) is 1. The van der Waals surface area contributed by atoms with Crippen molar-refractivity contribution in [3.05, 3.63) is 42.1 Å². The van der Waals surface area contributed by atoms with Gasteiger partial charge in [-0.15, -0.1) is 0 Å². The lowest BCUT2D eigenvalue weighted by molar-refractivity contribution is -0.0891. The third-order valence-electron chi connectivity index (χ3n) is 7.39. The Hall–Kier alpha value is -2.58. The number of imidazole rings is 1. The summed E-state index contributed by atoms with van der Waals surface area (Å²) in [7, 11) is -2.18. The highest BCUT2D eigenvalue weighted by Crippen LogP contribution is 2.45. The zero-order valence-electron chi connectivity index (χ0n) is 20.8. The van der Waals surface area contributed by atoms with Gasteiger partial charge >= 0.3 is 6.61 Å². The number of rotatable bonds is 9. The van der Waals surface area contributed by atoms with Gasteiger partial charge in [-0.1, -0.05) is 6.07 Å². The van der Waals surface area contributed by atoms with Crippen LogP contribution in [0.4, 0.5) is 22.0 Å². The average Bonchev–Trinajstić information content (AvgIpc) is 3.30. The van der Waals surface area contributed by atoms with Crippen molar-refractivity contribution < 1.29 is 39.9 Å². The summed E-state index contributed by atoms with van der Waals surface area (Å²) in [5, 5.41) is -0.0854. The summed E-state index contributed by atoms with van der Waals surface area (Å²) in [5.74, 6) is -5.22. The molecule has 0 spiro atoms. The van der Waals surface area contributed by atoms with Crippen LogP contribution in [0.25, 0.3) is 0 Å². The standard InChI is InChI=1S/C24H29F5N4O4S/c1-31-15-20(30-16-31)38(35,36)33-13-11-32(12-14-33)23(7-9-24(28,29)10-8-23)6-5-18(34)21-17(25)3-2-4-19(21)37-22(26)27/h2-4,15-16,22H,5-14H2,1H3. The summed E-state index contributed by atoms with van der Waals surface area (Å²) >= 11 is 0. The number of piperazine rings is 1. The fraction of sp³-hybridized carbons (Fsp3) is 0.583. The Morgan fingerprint density at radius 1 is 1.11 bits per heavy atom. The number of benzene rings is 1. The first kappa shape index (κ1) is 28.4. The fourth-order valence-electron chi connectivity index (χ4n) is 5.30. The lowest BCUT2D eigenvalue weighted by atomic mass is 9.74. The third kappa shape index (κ3) is 6.01.